The third kappa shape index (κ3) is 4.22. The molecule has 1 N–H and O–H groups in total. The van der Waals surface area contributed by atoms with Crippen molar-refractivity contribution in [2.75, 3.05) is 17.1 Å². The number of rotatable bonds is 6. The van der Waals surface area contributed by atoms with Crippen molar-refractivity contribution in [2.24, 2.45) is 0 Å². The number of fused-ring (bicyclic) bond motifs is 1. The number of carbonyl (C=O) groups is 1. The molecule has 0 saturated carbocycles. The molecule has 0 fully saturated rings. The summed E-state index contributed by atoms with van der Waals surface area (Å²) in [6.07, 6.45) is 1.91. The van der Waals surface area contributed by atoms with E-state index in [4.69, 9.17) is 0 Å². The lowest BCUT2D eigenvalue weighted by Crippen LogP contribution is -2.43. The lowest BCUT2D eigenvalue weighted by Gasteiger charge is -2.24. The van der Waals surface area contributed by atoms with Gasteiger partial charge in [-0.25, -0.2) is 8.42 Å². The van der Waals surface area contributed by atoms with E-state index in [0.717, 1.165) is 27.8 Å². The molecular formula is C17H22N2O3S. The Morgan fingerprint density at radius 1 is 1.17 bits per heavy atom. The fourth-order valence-corrected chi connectivity index (χ4v) is 3.23. The van der Waals surface area contributed by atoms with Crippen LogP contribution in [0.1, 0.15) is 20.3 Å². The van der Waals surface area contributed by atoms with E-state index in [2.05, 4.69) is 5.32 Å². The first-order valence-electron chi connectivity index (χ1n) is 7.57. The number of anilines is 1. The van der Waals surface area contributed by atoms with Gasteiger partial charge in [0.1, 0.15) is 6.54 Å². The Hall–Kier alpha value is -2.08. The fourth-order valence-electron chi connectivity index (χ4n) is 2.36. The zero-order valence-corrected chi connectivity index (χ0v) is 14.4. The standard InChI is InChI=1S/C17H22N2O3S/c1-4-13(2)18-17(20)12-19(23(3,21)22)16-11-7-9-14-8-5-6-10-15(14)16/h5-11,13H,4,12H2,1-3H3,(H,18,20)/t13-/m1/s1. The van der Waals surface area contributed by atoms with Crippen LogP contribution in [0.2, 0.25) is 0 Å². The zero-order chi connectivity index (χ0) is 17.0. The highest BCUT2D eigenvalue weighted by molar-refractivity contribution is 7.92. The Labute approximate surface area is 137 Å². The molecule has 2 aromatic carbocycles. The van der Waals surface area contributed by atoms with Crippen LogP contribution < -0.4 is 9.62 Å². The zero-order valence-electron chi connectivity index (χ0n) is 13.6. The number of benzene rings is 2. The average Bonchev–Trinajstić information content (AvgIpc) is 2.51. The van der Waals surface area contributed by atoms with Crippen LogP contribution in [0.15, 0.2) is 42.5 Å². The Bertz CT molecular complexity index is 797. The van der Waals surface area contributed by atoms with Gasteiger partial charge < -0.3 is 5.32 Å². The van der Waals surface area contributed by atoms with Crippen LogP contribution in [-0.4, -0.2) is 33.2 Å². The van der Waals surface area contributed by atoms with Crippen molar-refractivity contribution in [3.05, 3.63) is 42.5 Å². The van der Waals surface area contributed by atoms with Crippen molar-refractivity contribution < 1.29 is 13.2 Å². The summed E-state index contributed by atoms with van der Waals surface area (Å²) in [5.74, 6) is -0.308. The van der Waals surface area contributed by atoms with Gasteiger partial charge in [0.05, 0.1) is 11.9 Å². The van der Waals surface area contributed by atoms with Crippen molar-refractivity contribution in [2.45, 2.75) is 26.3 Å². The van der Waals surface area contributed by atoms with E-state index >= 15 is 0 Å². The summed E-state index contributed by atoms with van der Waals surface area (Å²) in [5, 5.41) is 4.54. The van der Waals surface area contributed by atoms with E-state index in [-0.39, 0.29) is 18.5 Å². The maximum atomic E-state index is 12.2. The second kappa shape index (κ2) is 7.00. The third-order valence-corrected chi connectivity index (χ3v) is 4.87. The molecule has 2 rings (SSSR count). The van der Waals surface area contributed by atoms with E-state index in [1.807, 2.05) is 44.2 Å². The summed E-state index contributed by atoms with van der Waals surface area (Å²) >= 11 is 0. The Balaban J connectivity index is 2.41. The minimum atomic E-state index is -3.57. The molecule has 6 heteroatoms. The van der Waals surface area contributed by atoms with Crippen LogP contribution in [0.4, 0.5) is 5.69 Å². The van der Waals surface area contributed by atoms with Gasteiger partial charge in [-0.2, -0.15) is 0 Å². The van der Waals surface area contributed by atoms with Gasteiger partial charge in [0.15, 0.2) is 0 Å². The molecule has 1 atom stereocenters. The number of hydrogen-bond acceptors (Lipinski definition) is 3. The normalized spacial score (nSPS) is 12.8. The van der Waals surface area contributed by atoms with Crippen LogP contribution in [0, 0.1) is 0 Å². The molecule has 23 heavy (non-hydrogen) atoms. The van der Waals surface area contributed by atoms with E-state index < -0.39 is 10.0 Å². The first-order valence-corrected chi connectivity index (χ1v) is 9.42. The molecule has 0 spiro atoms. The highest BCUT2D eigenvalue weighted by atomic mass is 32.2. The van der Waals surface area contributed by atoms with Crippen LogP contribution >= 0.6 is 0 Å². The third-order valence-electron chi connectivity index (χ3n) is 3.74. The van der Waals surface area contributed by atoms with Crippen molar-refractivity contribution in [3.8, 4) is 0 Å². The summed E-state index contributed by atoms with van der Waals surface area (Å²) in [4.78, 5) is 12.2. The molecule has 5 nitrogen and oxygen atoms in total. The molecule has 0 aromatic heterocycles. The van der Waals surface area contributed by atoms with E-state index in [1.54, 1.807) is 12.1 Å². The van der Waals surface area contributed by atoms with Gasteiger partial charge in [-0.3, -0.25) is 9.10 Å². The molecule has 0 unspecified atom stereocenters. The quantitative estimate of drug-likeness (QED) is 0.883. The van der Waals surface area contributed by atoms with E-state index in [9.17, 15) is 13.2 Å². The maximum Gasteiger partial charge on any atom is 0.240 e. The molecular weight excluding hydrogens is 312 g/mol. The number of hydrogen-bond donors (Lipinski definition) is 1. The summed E-state index contributed by atoms with van der Waals surface area (Å²) in [6, 6.07) is 13.0. The van der Waals surface area contributed by atoms with Gasteiger partial charge in [-0.05, 0) is 24.8 Å². The molecule has 1 amide bonds. The predicted molar refractivity (Wildman–Crippen MR) is 94.0 cm³/mol. The predicted octanol–water partition coefficient (Wildman–Crippen LogP) is 2.52. The second-order valence-electron chi connectivity index (χ2n) is 5.64. The monoisotopic (exact) mass is 334 g/mol. The Morgan fingerprint density at radius 2 is 1.83 bits per heavy atom. The molecule has 0 radical (unpaired) electrons. The summed E-state index contributed by atoms with van der Waals surface area (Å²) in [7, 11) is -3.57. The van der Waals surface area contributed by atoms with Crippen LogP contribution in [0.3, 0.4) is 0 Å². The highest BCUT2D eigenvalue weighted by Crippen LogP contribution is 2.28. The van der Waals surface area contributed by atoms with Crippen molar-refractivity contribution in [3.63, 3.8) is 0 Å². The van der Waals surface area contributed by atoms with Gasteiger partial charge >= 0.3 is 0 Å². The largest absolute Gasteiger partial charge is 0.352 e. The SMILES string of the molecule is CC[C@@H](C)NC(=O)CN(c1cccc2ccccc12)S(C)(=O)=O. The fraction of sp³-hybridized carbons (Fsp3) is 0.353. The molecule has 0 saturated heterocycles. The minimum absolute atomic E-state index is 0.0106. The Kier molecular flexibility index (Phi) is 5.26. The maximum absolute atomic E-state index is 12.2. The summed E-state index contributed by atoms with van der Waals surface area (Å²) in [6.45, 7) is 3.63. The van der Waals surface area contributed by atoms with Crippen LogP contribution in [0.25, 0.3) is 10.8 Å². The average molecular weight is 334 g/mol. The number of nitrogens with one attached hydrogen (secondary N) is 1. The molecule has 124 valence electrons. The minimum Gasteiger partial charge on any atom is -0.352 e. The van der Waals surface area contributed by atoms with Crippen LogP contribution in [0.5, 0.6) is 0 Å². The molecule has 2 aromatic rings. The number of carbonyl (C=O) groups excluding carboxylic acids is 1. The van der Waals surface area contributed by atoms with Gasteiger partial charge in [0, 0.05) is 11.4 Å². The second-order valence-corrected chi connectivity index (χ2v) is 7.55. The molecule has 0 heterocycles. The highest BCUT2D eigenvalue weighted by Gasteiger charge is 2.22. The van der Waals surface area contributed by atoms with E-state index in [0.29, 0.717) is 5.69 Å². The topological polar surface area (TPSA) is 66.5 Å². The molecule has 0 aliphatic carbocycles. The molecule has 0 bridgehead atoms. The number of amides is 1. The lowest BCUT2D eigenvalue weighted by molar-refractivity contribution is -0.120. The lowest BCUT2D eigenvalue weighted by atomic mass is 10.1. The van der Waals surface area contributed by atoms with Crippen molar-refractivity contribution in [1.82, 2.24) is 5.32 Å². The van der Waals surface area contributed by atoms with Gasteiger partial charge in [-0.15, -0.1) is 0 Å². The molecule has 0 aliphatic rings. The number of sulfonamides is 1. The number of nitrogens with zero attached hydrogens (tertiary/aromatic N) is 1. The first-order chi connectivity index (χ1) is 10.8. The van der Waals surface area contributed by atoms with Crippen molar-refractivity contribution in [1.29, 1.82) is 0 Å². The van der Waals surface area contributed by atoms with Crippen LogP contribution in [-0.2, 0) is 14.8 Å². The van der Waals surface area contributed by atoms with Crippen molar-refractivity contribution >= 4 is 32.4 Å². The summed E-state index contributed by atoms with van der Waals surface area (Å²) in [5.41, 5.74) is 0.518. The van der Waals surface area contributed by atoms with E-state index in [1.165, 1.54) is 0 Å². The summed E-state index contributed by atoms with van der Waals surface area (Å²) < 4.78 is 25.6. The van der Waals surface area contributed by atoms with Gasteiger partial charge in [-0.1, -0.05) is 43.3 Å². The van der Waals surface area contributed by atoms with Gasteiger partial charge in [0.25, 0.3) is 0 Å². The first kappa shape index (κ1) is 17.3. The Morgan fingerprint density at radius 3 is 2.48 bits per heavy atom. The van der Waals surface area contributed by atoms with Gasteiger partial charge in [0.2, 0.25) is 15.9 Å². The molecule has 0 aliphatic heterocycles. The smallest absolute Gasteiger partial charge is 0.240 e.